The number of rotatable bonds is 7. The van der Waals surface area contributed by atoms with E-state index in [0.717, 1.165) is 18.3 Å². The Balaban J connectivity index is 2.13. The molecule has 30 heavy (non-hydrogen) atoms. The van der Waals surface area contributed by atoms with Gasteiger partial charge < -0.3 is 9.84 Å². The molecule has 1 amide bonds. The van der Waals surface area contributed by atoms with E-state index in [1.54, 1.807) is 37.3 Å². The maximum atomic E-state index is 12.8. The number of aliphatic hydroxyl groups excluding tert-OH is 1. The molecule has 0 bridgehead atoms. The standard InChI is InChI=1S/C21H19F3N2O4/c1-2-30-20(29)17(19(28)15-8-4-3-5-9-15)13-25-26-18(27)12-14-7-6-10-16(11-14)21(22,23)24/h3-11,13,28H,2,12H2,1H3,(H,26,27). The van der Waals surface area contributed by atoms with Crippen LogP contribution in [0.25, 0.3) is 5.76 Å². The minimum absolute atomic E-state index is 0.0557. The second-order valence-electron chi connectivity index (χ2n) is 6.02. The number of esters is 1. The Bertz CT molecular complexity index is 954. The Labute approximate surface area is 170 Å². The van der Waals surface area contributed by atoms with Crippen molar-refractivity contribution in [3.8, 4) is 0 Å². The van der Waals surface area contributed by atoms with E-state index in [0.29, 0.717) is 5.56 Å². The van der Waals surface area contributed by atoms with Crippen LogP contribution < -0.4 is 5.43 Å². The Morgan fingerprint density at radius 2 is 1.83 bits per heavy atom. The van der Waals surface area contributed by atoms with Crippen LogP contribution in [0.15, 0.2) is 65.3 Å². The van der Waals surface area contributed by atoms with Gasteiger partial charge in [0.1, 0.15) is 11.3 Å². The highest BCUT2D eigenvalue weighted by Gasteiger charge is 2.30. The summed E-state index contributed by atoms with van der Waals surface area (Å²) >= 11 is 0. The number of aliphatic hydroxyl groups is 1. The molecule has 0 spiro atoms. The quantitative estimate of drug-likeness (QED) is 0.234. The molecule has 9 heteroatoms. The number of hydrazone groups is 1. The average molecular weight is 420 g/mol. The third-order valence-corrected chi connectivity index (χ3v) is 3.80. The molecular weight excluding hydrogens is 401 g/mol. The van der Waals surface area contributed by atoms with Crippen molar-refractivity contribution in [3.63, 3.8) is 0 Å². The number of alkyl halides is 3. The van der Waals surface area contributed by atoms with Crippen LogP contribution in [-0.4, -0.2) is 29.8 Å². The highest BCUT2D eigenvalue weighted by Crippen LogP contribution is 2.29. The predicted octanol–water partition coefficient (Wildman–Crippen LogP) is 3.88. The first-order valence-electron chi connectivity index (χ1n) is 8.86. The van der Waals surface area contributed by atoms with Crippen molar-refractivity contribution >= 4 is 23.9 Å². The number of carbonyl (C=O) groups excluding carboxylic acids is 2. The van der Waals surface area contributed by atoms with Crippen molar-refractivity contribution in [1.29, 1.82) is 0 Å². The number of nitrogens with zero attached hydrogens (tertiary/aromatic N) is 1. The SMILES string of the molecule is CCOC(=O)C(C=NNC(=O)Cc1cccc(C(F)(F)F)c1)=C(O)c1ccccc1. The maximum Gasteiger partial charge on any atom is 0.416 e. The molecule has 6 nitrogen and oxygen atoms in total. The summed E-state index contributed by atoms with van der Waals surface area (Å²) in [5.41, 5.74) is 1.45. The van der Waals surface area contributed by atoms with E-state index in [4.69, 9.17) is 4.74 Å². The van der Waals surface area contributed by atoms with Gasteiger partial charge in [-0.1, -0.05) is 48.5 Å². The van der Waals surface area contributed by atoms with Crippen molar-refractivity contribution in [2.45, 2.75) is 19.5 Å². The molecular formula is C21H19F3N2O4. The van der Waals surface area contributed by atoms with Gasteiger partial charge in [0.25, 0.3) is 0 Å². The van der Waals surface area contributed by atoms with Crippen LogP contribution in [0.5, 0.6) is 0 Å². The number of ether oxygens (including phenoxy) is 1. The van der Waals surface area contributed by atoms with Crippen molar-refractivity contribution in [2.24, 2.45) is 5.10 Å². The van der Waals surface area contributed by atoms with Crippen LogP contribution in [0.1, 0.15) is 23.6 Å². The summed E-state index contributed by atoms with van der Waals surface area (Å²) in [6, 6.07) is 12.5. The highest BCUT2D eigenvalue weighted by molar-refractivity contribution is 6.15. The molecule has 0 aromatic heterocycles. The number of benzene rings is 2. The second kappa shape index (κ2) is 10.2. The number of hydrogen-bond acceptors (Lipinski definition) is 5. The molecule has 0 atom stereocenters. The van der Waals surface area contributed by atoms with Gasteiger partial charge in [0.15, 0.2) is 0 Å². The van der Waals surface area contributed by atoms with Crippen LogP contribution in [0.2, 0.25) is 0 Å². The van der Waals surface area contributed by atoms with Gasteiger partial charge in [0.2, 0.25) is 5.91 Å². The van der Waals surface area contributed by atoms with Gasteiger partial charge in [-0.2, -0.15) is 18.3 Å². The fourth-order valence-corrected chi connectivity index (χ4v) is 2.42. The van der Waals surface area contributed by atoms with Crippen LogP contribution >= 0.6 is 0 Å². The van der Waals surface area contributed by atoms with E-state index in [-0.39, 0.29) is 24.2 Å². The fourth-order valence-electron chi connectivity index (χ4n) is 2.42. The largest absolute Gasteiger partial charge is 0.506 e. The lowest BCUT2D eigenvalue weighted by Gasteiger charge is -2.08. The Kier molecular flexibility index (Phi) is 7.74. The molecule has 0 aliphatic rings. The summed E-state index contributed by atoms with van der Waals surface area (Å²) in [4.78, 5) is 24.1. The number of halogens is 3. The molecule has 0 saturated heterocycles. The molecule has 0 aliphatic carbocycles. The first-order chi connectivity index (χ1) is 14.2. The van der Waals surface area contributed by atoms with Gasteiger partial charge in [0.05, 0.1) is 24.8 Å². The zero-order valence-electron chi connectivity index (χ0n) is 15.9. The third kappa shape index (κ3) is 6.47. The lowest BCUT2D eigenvalue weighted by molar-refractivity contribution is -0.138. The molecule has 0 fully saturated rings. The fraction of sp³-hybridized carbons (Fsp3) is 0.190. The van der Waals surface area contributed by atoms with E-state index in [2.05, 4.69) is 10.5 Å². The van der Waals surface area contributed by atoms with Crippen LogP contribution in [0.4, 0.5) is 13.2 Å². The molecule has 2 N–H and O–H groups in total. The topological polar surface area (TPSA) is 88.0 Å². The van der Waals surface area contributed by atoms with Gasteiger partial charge >= 0.3 is 12.1 Å². The highest BCUT2D eigenvalue weighted by atomic mass is 19.4. The first-order valence-corrected chi connectivity index (χ1v) is 8.86. The maximum absolute atomic E-state index is 12.8. The van der Waals surface area contributed by atoms with Gasteiger partial charge in [-0.3, -0.25) is 4.79 Å². The van der Waals surface area contributed by atoms with Crippen LogP contribution in [-0.2, 0) is 26.9 Å². The van der Waals surface area contributed by atoms with Gasteiger partial charge in [-0.25, -0.2) is 10.2 Å². The lowest BCUT2D eigenvalue weighted by atomic mass is 10.1. The van der Waals surface area contributed by atoms with E-state index in [1.807, 2.05) is 0 Å². The molecule has 2 aromatic rings. The number of nitrogens with one attached hydrogen (secondary N) is 1. The van der Waals surface area contributed by atoms with Gasteiger partial charge in [-0.15, -0.1) is 0 Å². The summed E-state index contributed by atoms with van der Waals surface area (Å²) in [6.07, 6.45) is -3.95. The summed E-state index contributed by atoms with van der Waals surface area (Å²) in [6.45, 7) is 1.64. The monoisotopic (exact) mass is 420 g/mol. The predicted molar refractivity (Wildman–Crippen MR) is 104 cm³/mol. The minimum atomic E-state index is -4.51. The van der Waals surface area contributed by atoms with E-state index < -0.39 is 29.4 Å². The Morgan fingerprint density at radius 1 is 1.13 bits per heavy atom. The van der Waals surface area contributed by atoms with Crippen molar-refractivity contribution in [2.75, 3.05) is 6.61 Å². The lowest BCUT2D eigenvalue weighted by Crippen LogP contribution is -2.21. The molecule has 0 radical (unpaired) electrons. The number of hydrogen-bond donors (Lipinski definition) is 2. The molecule has 0 aliphatic heterocycles. The Hall–Kier alpha value is -3.62. The van der Waals surface area contributed by atoms with E-state index in [1.165, 1.54) is 12.1 Å². The zero-order chi connectivity index (χ0) is 22.1. The summed E-state index contributed by atoms with van der Waals surface area (Å²) in [7, 11) is 0. The molecule has 0 saturated carbocycles. The molecule has 0 heterocycles. The van der Waals surface area contributed by atoms with Crippen LogP contribution in [0, 0.1) is 0 Å². The van der Waals surface area contributed by atoms with Gasteiger partial charge in [0, 0.05) is 5.56 Å². The molecule has 2 rings (SSSR count). The normalized spacial score (nSPS) is 12.4. The molecule has 0 unspecified atom stereocenters. The van der Waals surface area contributed by atoms with Gasteiger partial charge in [-0.05, 0) is 18.6 Å². The summed E-state index contributed by atoms with van der Waals surface area (Å²) < 4.78 is 43.1. The minimum Gasteiger partial charge on any atom is -0.506 e. The summed E-state index contributed by atoms with van der Waals surface area (Å²) in [5.74, 6) is -1.95. The molecule has 2 aromatic carbocycles. The first kappa shape index (κ1) is 22.7. The molecule has 158 valence electrons. The third-order valence-electron chi connectivity index (χ3n) is 3.80. The number of carbonyl (C=O) groups is 2. The van der Waals surface area contributed by atoms with Crippen LogP contribution in [0.3, 0.4) is 0 Å². The van der Waals surface area contributed by atoms with Crippen molar-refractivity contribution in [1.82, 2.24) is 5.43 Å². The van der Waals surface area contributed by atoms with Crippen molar-refractivity contribution < 1.29 is 32.6 Å². The second-order valence-corrected chi connectivity index (χ2v) is 6.02. The van der Waals surface area contributed by atoms with E-state index >= 15 is 0 Å². The summed E-state index contributed by atoms with van der Waals surface area (Å²) in [5, 5.41) is 14.0. The van der Waals surface area contributed by atoms with E-state index in [9.17, 15) is 27.9 Å². The smallest absolute Gasteiger partial charge is 0.416 e. The Morgan fingerprint density at radius 3 is 2.47 bits per heavy atom. The average Bonchev–Trinajstić information content (AvgIpc) is 2.71. The number of amides is 1. The zero-order valence-corrected chi connectivity index (χ0v) is 15.9. The van der Waals surface area contributed by atoms with Crippen molar-refractivity contribution in [3.05, 3.63) is 76.9 Å².